The predicted molar refractivity (Wildman–Crippen MR) is 72.9 cm³/mol. The van der Waals surface area contributed by atoms with Crippen molar-refractivity contribution < 1.29 is 0 Å². The molecule has 3 nitrogen and oxygen atoms in total. The third-order valence-electron chi connectivity index (χ3n) is 2.58. The fraction of sp³-hybridized carbons (Fsp3) is 0.154. The first-order chi connectivity index (χ1) is 8.08. The standard InChI is InChI=1S/C13H14ClN3/c1-9-3-5-11(6-4-9)17(2)13-12(14)7-10(15)8-16-13/h3-8H,15H2,1-2H3. The molecule has 0 atom stereocenters. The molecule has 1 aromatic carbocycles. The van der Waals surface area contributed by atoms with Gasteiger partial charge in [-0.1, -0.05) is 29.3 Å². The van der Waals surface area contributed by atoms with Crippen molar-refractivity contribution >= 4 is 28.8 Å². The SMILES string of the molecule is Cc1ccc(N(C)c2ncc(N)cc2Cl)cc1. The average Bonchev–Trinajstić information content (AvgIpc) is 2.29. The summed E-state index contributed by atoms with van der Waals surface area (Å²) >= 11 is 6.12. The van der Waals surface area contributed by atoms with E-state index in [1.807, 2.05) is 24.1 Å². The highest BCUT2D eigenvalue weighted by Crippen LogP contribution is 2.29. The van der Waals surface area contributed by atoms with Crippen molar-refractivity contribution in [2.45, 2.75) is 6.92 Å². The van der Waals surface area contributed by atoms with Gasteiger partial charge in [-0.05, 0) is 25.1 Å². The van der Waals surface area contributed by atoms with Crippen LogP contribution < -0.4 is 10.6 Å². The highest BCUT2D eigenvalue weighted by molar-refractivity contribution is 6.33. The smallest absolute Gasteiger partial charge is 0.151 e. The number of benzene rings is 1. The number of aryl methyl sites for hydroxylation is 1. The van der Waals surface area contributed by atoms with E-state index in [1.165, 1.54) is 5.56 Å². The molecular weight excluding hydrogens is 234 g/mol. The second kappa shape index (κ2) is 4.63. The summed E-state index contributed by atoms with van der Waals surface area (Å²) in [5.74, 6) is 0.699. The summed E-state index contributed by atoms with van der Waals surface area (Å²) in [6.45, 7) is 2.05. The van der Waals surface area contributed by atoms with Gasteiger partial charge in [-0.25, -0.2) is 4.98 Å². The van der Waals surface area contributed by atoms with Crippen molar-refractivity contribution in [3.63, 3.8) is 0 Å². The number of pyridine rings is 1. The molecule has 0 saturated carbocycles. The summed E-state index contributed by atoms with van der Waals surface area (Å²) in [4.78, 5) is 6.18. The van der Waals surface area contributed by atoms with Gasteiger partial charge >= 0.3 is 0 Å². The zero-order valence-electron chi connectivity index (χ0n) is 9.81. The molecule has 2 aromatic rings. The summed E-state index contributed by atoms with van der Waals surface area (Å²) < 4.78 is 0. The molecule has 0 saturated heterocycles. The number of nitrogen functional groups attached to an aromatic ring is 1. The van der Waals surface area contributed by atoms with Crippen LogP contribution in [-0.2, 0) is 0 Å². The van der Waals surface area contributed by atoms with Gasteiger partial charge in [0.05, 0.1) is 16.9 Å². The first kappa shape index (κ1) is 11.7. The fourth-order valence-corrected chi connectivity index (χ4v) is 1.88. The van der Waals surface area contributed by atoms with E-state index in [-0.39, 0.29) is 0 Å². The van der Waals surface area contributed by atoms with E-state index >= 15 is 0 Å². The minimum absolute atomic E-state index is 0.549. The van der Waals surface area contributed by atoms with E-state index in [2.05, 4.69) is 24.0 Å². The molecule has 0 unspecified atom stereocenters. The number of hydrogen-bond acceptors (Lipinski definition) is 3. The number of hydrogen-bond donors (Lipinski definition) is 1. The van der Waals surface area contributed by atoms with Crippen molar-refractivity contribution in [1.29, 1.82) is 0 Å². The van der Waals surface area contributed by atoms with Crippen molar-refractivity contribution in [2.24, 2.45) is 0 Å². The van der Waals surface area contributed by atoms with Crippen LogP contribution >= 0.6 is 11.6 Å². The lowest BCUT2D eigenvalue weighted by molar-refractivity contribution is 1.13. The molecule has 17 heavy (non-hydrogen) atoms. The van der Waals surface area contributed by atoms with Gasteiger partial charge in [-0.15, -0.1) is 0 Å². The lowest BCUT2D eigenvalue weighted by atomic mass is 10.2. The highest BCUT2D eigenvalue weighted by atomic mass is 35.5. The molecule has 0 fully saturated rings. The Balaban J connectivity index is 2.36. The largest absolute Gasteiger partial charge is 0.397 e. The molecule has 2 rings (SSSR count). The van der Waals surface area contributed by atoms with Gasteiger partial charge in [-0.3, -0.25) is 0 Å². The van der Waals surface area contributed by atoms with Crippen molar-refractivity contribution in [1.82, 2.24) is 4.98 Å². The van der Waals surface area contributed by atoms with Crippen LogP contribution in [0.3, 0.4) is 0 Å². The van der Waals surface area contributed by atoms with E-state index in [0.717, 1.165) is 5.69 Å². The maximum atomic E-state index is 6.12. The molecule has 0 bridgehead atoms. The molecule has 1 heterocycles. The average molecular weight is 248 g/mol. The van der Waals surface area contributed by atoms with Gasteiger partial charge in [0.15, 0.2) is 5.82 Å². The molecule has 0 aliphatic heterocycles. The molecule has 0 aliphatic carbocycles. The van der Waals surface area contributed by atoms with Crippen LogP contribution in [0.1, 0.15) is 5.56 Å². The molecular formula is C13H14ClN3. The van der Waals surface area contributed by atoms with Crippen LogP contribution in [0.4, 0.5) is 17.2 Å². The van der Waals surface area contributed by atoms with E-state index in [1.54, 1.807) is 12.3 Å². The van der Waals surface area contributed by atoms with E-state index in [9.17, 15) is 0 Å². The molecule has 0 amide bonds. The predicted octanol–water partition coefficient (Wildman–Crippen LogP) is 3.39. The molecule has 0 spiro atoms. The Morgan fingerprint density at radius 2 is 1.88 bits per heavy atom. The number of anilines is 3. The van der Waals surface area contributed by atoms with Crippen LogP contribution in [-0.4, -0.2) is 12.0 Å². The third-order valence-corrected chi connectivity index (χ3v) is 2.86. The quantitative estimate of drug-likeness (QED) is 0.885. The highest BCUT2D eigenvalue weighted by Gasteiger charge is 2.09. The second-order valence-corrected chi connectivity index (χ2v) is 4.38. The topological polar surface area (TPSA) is 42.2 Å². The number of rotatable bonds is 2. The van der Waals surface area contributed by atoms with Gasteiger partial charge in [0.25, 0.3) is 0 Å². The lowest BCUT2D eigenvalue weighted by Gasteiger charge is -2.19. The lowest BCUT2D eigenvalue weighted by Crippen LogP contribution is -2.11. The Morgan fingerprint density at radius 3 is 2.47 bits per heavy atom. The Bertz CT molecular complexity index is 523. The fourth-order valence-electron chi connectivity index (χ4n) is 1.58. The number of nitrogens with zero attached hydrogens (tertiary/aromatic N) is 2. The molecule has 0 radical (unpaired) electrons. The van der Waals surface area contributed by atoms with E-state index < -0.39 is 0 Å². The normalized spacial score (nSPS) is 10.3. The number of nitrogens with two attached hydrogens (primary N) is 1. The molecule has 0 aliphatic rings. The van der Waals surface area contributed by atoms with Crippen molar-refractivity contribution in [2.75, 3.05) is 17.7 Å². The molecule has 2 N–H and O–H groups in total. The van der Waals surface area contributed by atoms with E-state index in [0.29, 0.717) is 16.5 Å². The molecule has 88 valence electrons. The Hall–Kier alpha value is -1.74. The zero-order valence-corrected chi connectivity index (χ0v) is 10.6. The first-order valence-corrected chi connectivity index (χ1v) is 5.67. The Morgan fingerprint density at radius 1 is 1.24 bits per heavy atom. The van der Waals surface area contributed by atoms with Crippen LogP contribution in [0, 0.1) is 6.92 Å². The minimum atomic E-state index is 0.549. The van der Waals surface area contributed by atoms with Crippen LogP contribution in [0.2, 0.25) is 5.02 Å². The molecule has 4 heteroatoms. The van der Waals surface area contributed by atoms with Crippen LogP contribution in [0.15, 0.2) is 36.5 Å². The Kier molecular flexibility index (Phi) is 3.20. The number of halogens is 1. The maximum Gasteiger partial charge on any atom is 0.151 e. The summed E-state index contributed by atoms with van der Waals surface area (Å²) in [7, 11) is 1.93. The monoisotopic (exact) mass is 247 g/mol. The van der Waals surface area contributed by atoms with E-state index in [4.69, 9.17) is 17.3 Å². The van der Waals surface area contributed by atoms with Gasteiger partial charge in [-0.2, -0.15) is 0 Å². The first-order valence-electron chi connectivity index (χ1n) is 5.29. The Labute approximate surface area is 106 Å². The van der Waals surface area contributed by atoms with Gasteiger partial charge in [0.1, 0.15) is 0 Å². The maximum absolute atomic E-state index is 6.12. The van der Waals surface area contributed by atoms with Gasteiger partial charge < -0.3 is 10.6 Å². The van der Waals surface area contributed by atoms with Gasteiger partial charge in [0, 0.05) is 12.7 Å². The third kappa shape index (κ3) is 2.50. The van der Waals surface area contributed by atoms with Crippen LogP contribution in [0.5, 0.6) is 0 Å². The van der Waals surface area contributed by atoms with Crippen molar-refractivity contribution in [3.05, 3.63) is 47.1 Å². The second-order valence-electron chi connectivity index (χ2n) is 3.97. The molecule has 1 aromatic heterocycles. The zero-order chi connectivity index (χ0) is 12.4. The van der Waals surface area contributed by atoms with Gasteiger partial charge in [0.2, 0.25) is 0 Å². The minimum Gasteiger partial charge on any atom is -0.397 e. The summed E-state index contributed by atoms with van der Waals surface area (Å²) in [6, 6.07) is 9.87. The van der Waals surface area contributed by atoms with Crippen LogP contribution in [0.25, 0.3) is 0 Å². The summed E-state index contributed by atoms with van der Waals surface area (Å²) in [5, 5.41) is 0.549. The summed E-state index contributed by atoms with van der Waals surface area (Å²) in [5.41, 5.74) is 8.44. The van der Waals surface area contributed by atoms with Crippen molar-refractivity contribution in [3.8, 4) is 0 Å². The summed E-state index contributed by atoms with van der Waals surface area (Å²) in [6.07, 6.45) is 1.60. The number of aromatic nitrogens is 1.